The Morgan fingerprint density at radius 2 is 1.41 bits per heavy atom. The van der Waals surface area contributed by atoms with E-state index < -0.39 is 0 Å². The van der Waals surface area contributed by atoms with Gasteiger partial charge in [0, 0.05) is 29.6 Å². The van der Waals surface area contributed by atoms with Crippen molar-refractivity contribution in [2.75, 3.05) is 24.9 Å². The van der Waals surface area contributed by atoms with Gasteiger partial charge in [-0.25, -0.2) is 9.78 Å². The maximum Gasteiger partial charge on any atom is 0.323 e. The Morgan fingerprint density at radius 3 is 2.07 bits per heavy atom. The molecule has 0 aliphatic heterocycles. The average Bonchev–Trinajstić information content (AvgIpc) is 2.70. The quantitative estimate of drug-likeness (QED) is 0.699. The molecule has 0 saturated heterocycles. The number of hydrogen-bond acceptors (Lipinski definition) is 3. The molecular formula is C21H22N3O3+. The molecule has 0 fully saturated rings. The number of aromatic amines is 1. The van der Waals surface area contributed by atoms with E-state index >= 15 is 0 Å². The van der Waals surface area contributed by atoms with Crippen LogP contribution in [0.2, 0.25) is 0 Å². The third-order valence-corrected chi connectivity index (χ3v) is 4.05. The zero-order chi connectivity index (χ0) is 19.1. The van der Waals surface area contributed by atoms with E-state index in [-0.39, 0.29) is 6.03 Å². The summed E-state index contributed by atoms with van der Waals surface area (Å²) in [5.41, 5.74) is 3.73. The van der Waals surface area contributed by atoms with Crippen LogP contribution in [0.5, 0.6) is 11.5 Å². The second-order valence-corrected chi connectivity index (χ2v) is 5.93. The minimum Gasteiger partial charge on any atom is -0.493 e. The maximum absolute atomic E-state index is 12.2. The van der Waals surface area contributed by atoms with Crippen LogP contribution in [0, 0.1) is 0 Å². The van der Waals surface area contributed by atoms with Crippen molar-refractivity contribution in [1.82, 2.24) is 0 Å². The van der Waals surface area contributed by atoms with Gasteiger partial charge in [0.1, 0.15) is 0 Å². The smallest absolute Gasteiger partial charge is 0.323 e. The first-order valence-electron chi connectivity index (χ1n) is 8.52. The molecule has 2 aromatic carbocycles. The number of nitrogens with one attached hydrogen (secondary N) is 3. The Morgan fingerprint density at radius 1 is 0.815 bits per heavy atom. The second kappa shape index (κ2) is 8.71. The molecule has 2 amide bonds. The first-order valence-corrected chi connectivity index (χ1v) is 8.52. The van der Waals surface area contributed by atoms with Gasteiger partial charge in [0.05, 0.1) is 14.2 Å². The van der Waals surface area contributed by atoms with Crippen LogP contribution in [-0.4, -0.2) is 20.3 Å². The van der Waals surface area contributed by atoms with Gasteiger partial charge in [0.2, 0.25) is 0 Å². The summed E-state index contributed by atoms with van der Waals surface area (Å²) >= 11 is 0. The van der Waals surface area contributed by atoms with Crippen molar-refractivity contribution in [2.24, 2.45) is 0 Å². The third-order valence-electron chi connectivity index (χ3n) is 4.05. The van der Waals surface area contributed by atoms with Gasteiger partial charge < -0.3 is 20.1 Å². The van der Waals surface area contributed by atoms with Gasteiger partial charge in [-0.1, -0.05) is 12.1 Å². The highest BCUT2D eigenvalue weighted by Gasteiger charge is 2.08. The Labute approximate surface area is 158 Å². The molecule has 27 heavy (non-hydrogen) atoms. The third kappa shape index (κ3) is 4.98. The molecule has 0 spiro atoms. The maximum atomic E-state index is 12.2. The Balaban J connectivity index is 1.59. The van der Waals surface area contributed by atoms with Gasteiger partial charge in [-0.05, 0) is 41.8 Å². The van der Waals surface area contributed by atoms with Crippen LogP contribution in [-0.2, 0) is 6.42 Å². The number of hydrogen-bond donors (Lipinski definition) is 2. The molecule has 0 aliphatic carbocycles. The van der Waals surface area contributed by atoms with Gasteiger partial charge in [-0.15, -0.1) is 0 Å². The zero-order valence-corrected chi connectivity index (χ0v) is 15.3. The zero-order valence-electron chi connectivity index (χ0n) is 15.3. The highest BCUT2D eigenvalue weighted by atomic mass is 16.5. The molecule has 3 N–H and O–H groups in total. The molecule has 0 atom stereocenters. The van der Waals surface area contributed by atoms with E-state index in [4.69, 9.17) is 9.47 Å². The predicted molar refractivity (Wildman–Crippen MR) is 104 cm³/mol. The molecule has 1 heterocycles. The number of aromatic nitrogens is 1. The van der Waals surface area contributed by atoms with Crippen LogP contribution in [0.4, 0.5) is 16.2 Å². The molecule has 0 bridgehead atoms. The lowest BCUT2D eigenvalue weighted by molar-refractivity contribution is -0.378. The van der Waals surface area contributed by atoms with E-state index in [2.05, 4.69) is 15.6 Å². The Kier molecular flexibility index (Phi) is 5.89. The van der Waals surface area contributed by atoms with Crippen molar-refractivity contribution in [1.29, 1.82) is 0 Å². The van der Waals surface area contributed by atoms with Crippen molar-refractivity contribution in [3.05, 3.63) is 78.1 Å². The molecule has 0 radical (unpaired) electrons. The number of benzene rings is 2. The first-order chi connectivity index (χ1) is 13.2. The molecular weight excluding hydrogens is 342 g/mol. The summed E-state index contributed by atoms with van der Waals surface area (Å²) < 4.78 is 10.4. The minimum absolute atomic E-state index is 0.325. The van der Waals surface area contributed by atoms with Crippen molar-refractivity contribution in [3.8, 4) is 11.5 Å². The van der Waals surface area contributed by atoms with Gasteiger partial charge in [-0.3, -0.25) is 0 Å². The molecule has 0 unspecified atom stereocenters. The molecule has 1 aromatic heterocycles. The van der Waals surface area contributed by atoms with E-state index in [1.807, 2.05) is 48.8 Å². The number of carbonyl (C=O) groups excluding carboxylic acids is 1. The first kappa shape index (κ1) is 18.3. The van der Waals surface area contributed by atoms with E-state index in [1.165, 1.54) is 11.1 Å². The molecule has 6 nitrogen and oxygen atoms in total. The van der Waals surface area contributed by atoms with Crippen LogP contribution >= 0.6 is 0 Å². The van der Waals surface area contributed by atoms with E-state index in [9.17, 15) is 4.79 Å². The molecule has 6 heteroatoms. The minimum atomic E-state index is -0.325. The van der Waals surface area contributed by atoms with Gasteiger partial charge in [0.15, 0.2) is 23.9 Å². The highest BCUT2D eigenvalue weighted by Crippen LogP contribution is 2.29. The number of H-pyrrole nitrogens is 1. The number of amides is 2. The fraction of sp³-hybridized carbons (Fsp3) is 0.143. The van der Waals surface area contributed by atoms with E-state index in [1.54, 1.807) is 32.4 Å². The SMILES string of the molecule is COc1ccc(NC(=O)Nc2ccc(Cc3cc[nH+]cc3)cc2)cc1OC. The number of anilines is 2. The summed E-state index contributed by atoms with van der Waals surface area (Å²) in [4.78, 5) is 15.2. The molecule has 138 valence electrons. The molecule has 0 aliphatic rings. The summed E-state index contributed by atoms with van der Waals surface area (Å²) in [6, 6.07) is 16.7. The molecule has 0 saturated carbocycles. The fourth-order valence-electron chi connectivity index (χ4n) is 2.69. The number of methoxy groups -OCH3 is 2. The monoisotopic (exact) mass is 364 g/mol. The summed E-state index contributed by atoms with van der Waals surface area (Å²) in [5.74, 6) is 1.16. The molecule has 3 aromatic rings. The largest absolute Gasteiger partial charge is 0.493 e. The van der Waals surface area contributed by atoms with E-state index in [0.717, 1.165) is 12.1 Å². The summed E-state index contributed by atoms with van der Waals surface area (Å²) in [6.45, 7) is 0. The number of pyridine rings is 1. The number of ether oxygens (including phenoxy) is 2. The molecule has 3 rings (SSSR count). The topological polar surface area (TPSA) is 73.7 Å². The van der Waals surface area contributed by atoms with Gasteiger partial charge >= 0.3 is 6.03 Å². The average molecular weight is 364 g/mol. The van der Waals surface area contributed by atoms with Crippen molar-refractivity contribution in [2.45, 2.75) is 6.42 Å². The Hall–Kier alpha value is -3.54. The number of carbonyl (C=O) groups is 1. The summed E-state index contributed by atoms with van der Waals surface area (Å²) in [5, 5.41) is 5.60. The van der Waals surface area contributed by atoms with Crippen molar-refractivity contribution in [3.63, 3.8) is 0 Å². The van der Waals surface area contributed by atoms with Gasteiger partial charge in [-0.2, -0.15) is 0 Å². The number of urea groups is 1. The standard InChI is InChI=1S/C21H21N3O3/c1-26-19-8-7-18(14-20(19)27-2)24-21(25)23-17-5-3-15(4-6-17)13-16-9-11-22-12-10-16/h3-12,14H,13H2,1-2H3,(H2,23,24,25)/p+1. The summed E-state index contributed by atoms with van der Waals surface area (Å²) in [7, 11) is 3.12. The summed E-state index contributed by atoms with van der Waals surface area (Å²) in [6.07, 6.45) is 4.65. The fourth-order valence-corrected chi connectivity index (χ4v) is 2.69. The van der Waals surface area contributed by atoms with Crippen LogP contribution < -0.4 is 25.1 Å². The Bertz CT molecular complexity index is 896. The van der Waals surface area contributed by atoms with Crippen LogP contribution in [0.3, 0.4) is 0 Å². The normalized spacial score (nSPS) is 10.1. The lowest BCUT2D eigenvalue weighted by Gasteiger charge is -2.11. The lowest BCUT2D eigenvalue weighted by atomic mass is 10.1. The lowest BCUT2D eigenvalue weighted by Crippen LogP contribution is -2.19. The van der Waals surface area contributed by atoms with Crippen molar-refractivity contribution >= 4 is 17.4 Å². The van der Waals surface area contributed by atoms with Crippen molar-refractivity contribution < 1.29 is 19.3 Å². The van der Waals surface area contributed by atoms with E-state index in [0.29, 0.717) is 17.2 Å². The second-order valence-electron chi connectivity index (χ2n) is 5.93. The number of rotatable bonds is 6. The van der Waals surface area contributed by atoms with Gasteiger partial charge in [0.25, 0.3) is 0 Å². The highest BCUT2D eigenvalue weighted by molar-refractivity contribution is 5.99. The predicted octanol–water partition coefficient (Wildman–Crippen LogP) is 3.75. The van der Waals surface area contributed by atoms with Crippen LogP contribution in [0.1, 0.15) is 11.1 Å². The van der Waals surface area contributed by atoms with Crippen LogP contribution in [0.15, 0.2) is 67.0 Å². The van der Waals surface area contributed by atoms with Crippen LogP contribution in [0.25, 0.3) is 0 Å².